The molecule has 1 fully saturated rings. The Kier molecular flexibility index (Phi) is 4.69. The van der Waals surface area contributed by atoms with Gasteiger partial charge >= 0.3 is 0 Å². The smallest absolute Gasteiger partial charge is 0.237 e. The lowest BCUT2D eigenvalue weighted by Crippen LogP contribution is -2.45. The Labute approximate surface area is 95.7 Å². The van der Waals surface area contributed by atoms with Crippen LogP contribution in [0.25, 0.3) is 0 Å². The molecule has 1 rings (SSSR count). The highest BCUT2D eigenvalue weighted by Crippen LogP contribution is 2.04. The summed E-state index contributed by atoms with van der Waals surface area (Å²) >= 11 is 0. The van der Waals surface area contributed by atoms with Gasteiger partial charge in [0.25, 0.3) is 0 Å². The van der Waals surface area contributed by atoms with Crippen molar-refractivity contribution in [2.75, 3.05) is 38.6 Å². The summed E-state index contributed by atoms with van der Waals surface area (Å²) in [5.41, 5.74) is 5.29. The first-order valence-corrected chi connectivity index (χ1v) is 6.96. The molecule has 0 bridgehead atoms. The Hall–Kier alpha value is -0.660. The molecule has 1 aliphatic heterocycles. The van der Waals surface area contributed by atoms with Gasteiger partial charge < -0.3 is 15.4 Å². The average molecular weight is 250 g/mol. The molecule has 0 aliphatic carbocycles. The van der Waals surface area contributed by atoms with Crippen LogP contribution in [0.5, 0.6) is 0 Å². The van der Waals surface area contributed by atoms with E-state index in [0.717, 1.165) is 0 Å². The molecule has 0 spiro atoms. The number of hydrogen-bond acceptors (Lipinski definition) is 5. The van der Waals surface area contributed by atoms with E-state index in [4.69, 9.17) is 10.5 Å². The van der Waals surface area contributed by atoms with Crippen LogP contribution in [0.4, 0.5) is 0 Å². The van der Waals surface area contributed by atoms with Crippen molar-refractivity contribution in [1.82, 2.24) is 4.90 Å². The lowest BCUT2D eigenvalue weighted by molar-refractivity contribution is -0.132. The summed E-state index contributed by atoms with van der Waals surface area (Å²) < 4.78 is 28.4. The van der Waals surface area contributed by atoms with E-state index in [0.29, 0.717) is 26.3 Å². The van der Waals surface area contributed by atoms with Crippen molar-refractivity contribution >= 4 is 15.7 Å². The van der Waals surface area contributed by atoms with Gasteiger partial charge in [0, 0.05) is 19.6 Å². The largest absolute Gasteiger partial charge is 0.378 e. The predicted octanol–water partition coefficient (Wildman–Crippen LogP) is -1.39. The van der Waals surface area contributed by atoms with Crippen LogP contribution in [-0.2, 0) is 19.4 Å². The molecule has 0 radical (unpaired) electrons. The molecule has 1 unspecified atom stereocenters. The van der Waals surface area contributed by atoms with Gasteiger partial charge in [-0.25, -0.2) is 8.42 Å². The van der Waals surface area contributed by atoms with Crippen molar-refractivity contribution in [3.63, 3.8) is 0 Å². The SMILES string of the molecule is CC(CN)S(=O)(=O)CC(=O)N1CCOCC1. The van der Waals surface area contributed by atoms with Crippen molar-refractivity contribution in [2.45, 2.75) is 12.2 Å². The highest BCUT2D eigenvalue weighted by Gasteiger charge is 2.26. The van der Waals surface area contributed by atoms with Gasteiger partial charge in [0.05, 0.1) is 18.5 Å². The summed E-state index contributed by atoms with van der Waals surface area (Å²) in [6, 6.07) is 0. The molecule has 0 aromatic heterocycles. The minimum atomic E-state index is -3.42. The van der Waals surface area contributed by atoms with Crippen molar-refractivity contribution < 1.29 is 17.9 Å². The monoisotopic (exact) mass is 250 g/mol. The topological polar surface area (TPSA) is 89.7 Å². The number of carbonyl (C=O) groups is 1. The van der Waals surface area contributed by atoms with E-state index < -0.39 is 20.8 Å². The number of hydrogen-bond donors (Lipinski definition) is 1. The lowest BCUT2D eigenvalue weighted by atomic mass is 10.4. The number of nitrogens with zero attached hydrogens (tertiary/aromatic N) is 1. The fourth-order valence-corrected chi connectivity index (χ4v) is 2.47. The van der Waals surface area contributed by atoms with E-state index in [1.165, 1.54) is 11.8 Å². The van der Waals surface area contributed by atoms with E-state index >= 15 is 0 Å². The zero-order valence-corrected chi connectivity index (χ0v) is 10.2. The van der Waals surface area contributed by atoms with Crippen molar-refractivity contribution in [3.05, 3.63) is 0 Å². The first kappa shape index (κ1) is 13.4. The highest BCUT2D eigenvalue weighted by atomic mass is 32.2. The first-order chi connectivity index (χ1) is 7.47. The molecule has 1 atom stereocenters. The summed E-state index contributed by atoms with van der Waals surface area (Å²) in [4.78, 5) is 13.2. The number of amides is 1. The van der Waals surface area contributed by atoms with Gasteiger partial charge in [0.15, 0.2) is 9.84 Å². The molecule has 0 aromatic rings. The molecule has 7 heteroatoms. The predicted molar refractivity (Wildman–Crippen MR) is 59.7 cm³/mol. The van der Waals surface area contributed by atoms with E-state index in [1.54, 1.807) is 0 Å². The van der Waals surface area contributed by atoms with Crippen LogP contribution in [0.15, 0.2) is 0 Å². The standard InChI is InChI=1S/C9H18N2O4S/c1-8(6-10)16(13,14)7-9(12)11-2-4-15-5-3-11/h8H,2-7,10H2,1H3. The molecule has 94 valence electrons. The molecule has 2 N–H and O–H groups in total. The van der Waals surface area contributed by atoms with Gasteiger partial charge in [-0.05, 0) is 6.92 Å². The summed E-state index contributed by atoms with van der Waals surface area (Å²) in [6.45, 7) is 3.42. The summed E-state index contributed by atoms with van der Waals surface area (Å²) in [5, 5.41) is -0.669. The van der Waals surface area contributed by atoms with Crippen LogP contribution in [0.3, 0.4) is 0 Å². The molecule has 1 saturated heterocycles. The maximum atomic E-state index is 11.7. The van der Waals surface area contributed by atoms with Gasteiger partial charge in [-0.2, -0.15) is 0 Å². The zero-order valence-electron chi connectivity index (χ0n) is 9.39. The fourth-order valence-electron chi connectivity index (χ4n) is 1.37. The molecular weight excluding hydrogens is 232 g/mol. The maximum absolute atomic E-state index is 11.7. The molecule has 16 heavy (non-hydrogen) atoms. The van der Waals surface area contributed by atoms with Crippen LogP contribution >= 0.6 is 0 Å². The van der Waals surface area contributed by atoms with Crippen molar-refractivity contribution in [2.24, 2.45) is 5.73 Å². The molecule has 1 aliphatic rings. The van der Waals surface area contributed by atoms with Gasteiger partial charge in [-0.1, -0.05) is 0 Å². The second-order valence-electron chi connectivity index (χ2n) is 3.85. The van der Waals surface area contributed by atoms with E-state index in [1.807, 2.05) is 0 Å². The third-order valence-electron chi connectivity index (χ3n) is 2.63. The van der Waals surface area contributed by atoms with Crippen LogP contribution in [0.2, 0.25) is 0 Å². The quantitative estimate of drug-likeness (QED) is 0.663. The Morgan fingerprint density at radius 1 is 1.44 bits per heavy atom. The molecular formula is C9H18N2O4S. The number of carbonyl (C=O) groups excluding carboxylic acids is 1. The van der Waals surface area contributed by atoms with E-state index in [9.17, 15) is 13.2 Å². The van der Waals surface area contributed by atoms with Crippen molar-refractivity contribution in [1.29, 1.82) is 0 Å². The summed E-state index contributed by atoms with van der Waals surface area (Å²) in [6.07, 6.45) is 0. The third-order valence-corrected chi connectivity index (χ3v) is 4.70. The van der Waals surface area contributed by atoms with Gasteiger partial charge in [0.1, 0.15) is 5.75 Å². The fraction of sp³-hybridized carbons (Fsp3) is 0.889. The first-order valence-electron chi connectivity index (χ1n) is 5.24. The number of nitrogens with two attached hydrogens (primary N) is 1. The second kappa shape index (κ2) is 5.60. The van der Waals surface area contributed by atoms with E-state index in [2.05, 4.69) is 0 Å². The third kappa shape index (κ3) is 3.43. The summed E-state index contributed by atoms with van der Waals surface area (Å²) in [5.74, 6) is -0.811. The Balaban J connectivity index is 2.56. The Morgan fingerprint density at radius 2 is 2.00 bits per heavy atom. The maximum Gasteiger partial charge on any atom is 0.237 e. The Morgan fingerprint density at radius 3 is 2.50 bits per heavy atom. The second-order valence-corrected chi connectivity index (χ2v) is 6.27. The summed E-state index contributed by atoms with van der Waals surface area (Å²) in [7, 11) is -3.42. The van der Waals surface area contributed by atoms with Crippen molar-refractivity contribution in [3.8, 4) is 0 Å². The molecule has 1 amide bonds. The molecule has 0 saturated carbocycles. The van der Waals surface area contributed by atoms with E-state index in [-0.39, 0.29) is 12.5 Å². The Bertz CT molecular complexity index is 335. The normalized spacial score (nSPS) is 19.5. The number of rotatable bonds is 4. The molecule has 0 aromatic carbocycles. The van der Waals surface area contributed by atoms with Crippen LogP contribution in [0.1, 0.15) is 6.92 Å². The van der Waals surface area contributed by atoms with Crippen LogP contribution < -0.4 is 5.73 Å². The van der Waals surface area contributed by atoms with Crippen LogP contribution in [0, 0.1) is 0 Å². The lowest BCUT2D eigenvalue weighted by Gasteiger charge is -2.27. The molecule has 1 heterocycles. The highest BCUT2D eigenvalue weighted by molar-refractivity contribution is 7.92. The van der Waals surface area contributed by atoms with Crippen LogP contribution in [-0.4, -0.2) is 63.1 Å². The number of sulfone groups is 1. The zero-order chi connectivity index (χ0) is 12.2. The minimum Gasteiger partial charge on any atom is -0.378 e. The van der Waals surface area contributed by atoms with Gasteiger partial charge in [-0.15, -0.1) is 0 Å². The number of morpholine rings is 1. The van der Waals surface area contributed by atoms with Gasteiger partial charge in [-0.3, -0.25) is 4.79 Å². The van der Waals surface area contributed by atoms with Gasteiger partial charge in [0.2, 0.25) is 5.91 Å². The minimum absolute atomic E-state index is 0.0404. The average Bonchev–Trinajstić information content (AvgIpc) is 2.28. The number of ether oxygens (including phenoxy) is 1. The molecule has 6 nitrogen and oxygen atoms in total.